The van der Waals surface area contributed by atoms with Crippen LogP contribution in [0, 0.1) is 5.92 Å². The molecule has 2 aromatic carbocycles. The standard InChI is InChI=1S/C28H35N5O3/c1-31-25-10-6-5-7-22(25)19-30-28(26(31)34,23-8-3-2-4-9-23)33(27(29)35)24-13-11-21(12-14-24)20-32-15-17-36-18-16-32/h5-7,10-14,19,23H,2-4,8-9,15-18,20H2,1H3,(H2,29,35). The van der Waals surface area contributed by atoms with Crippen molar-refractivity contribution in [1.82, 2.24) is 4.90 Å². The first-order chi connectivity index (χ1) is 17.5. The lowest BCUT2D eigenvalue weighted by Crippen LogP contribution is -2.65. The van der Waals surface area contributed by atoms with Gasteiger partial charge in [-0.1, -0.05) is 49.6 Å². The van der Waals surface area contributed by atoms with E-state index in [0.717, 1.165) is 81.8 Å². The van der Waals surface area contributed by atoms with Gasteiger partial charge >= 0.3 is 6.03 Å². The van der Waals surface area contributed by atoms with E-state index in [4.69, 9.17) is 15.5 Å². The second-order valence-corrected chi connectivity index (χ2v) is 9.97. The van der Waals surface area contributed by atoms with Crippen LogP contribution in [0.25, 0.3) is 0 Å². The van der Waals surface area contributed by atoms with E-state index in [2.05, 4.69) is 4.90 Å². The van der Waals surface area contributed by atoms with E-state index in [1.165, 1.54) is 4.90 Å². The number of rotatable bonds is 5. The number of fused-ring (bicyclic) bond motifs is 1. The van der Waals surface area contributed by atoms with Crippen molar-refractivity contribution < 1.29 is 14.3 Å². The van der Waals surface area contributed by atoms with Crippen LogP contribution in [0.5, 0.6) is 0 Å². The van der Waals surface area contributed by atoms with Gasteiger partial charge in [0.15, 0.2) is 0 Å². The number of morpholine rings is 1. The average Bonchev–Trinajstić information content (AvgIpc) is 3.02. The van der Waals surface area contributed by atoms with Crippen LogP contribution >= 0.6 is 0 Å². The van der Waals surface area contributed by atoms with Crippen LogP contribution in [0.15, 0.2) is 53.5 Å². The Hall–Kier alpha value is -3.23. The Morgan fingerprint density at radius 2 is 1.78 bits per heavy atom. The Labute approximate surface area is 212 Å². The number of nitrogens with zero attached hydrogens (tertiary/aromatic N) is 4. The fraction of sp³-hybridized carbons (Fsp3) is 0.464. The number of urea groups is 1. The molecule has 36 heavy (non-hydrogen) atoms. The maximum atomic E-state index is 14.3. The maximum Gasteiger partial charge on any atom is 0.321 e. The summed E-state index contributed by atoms with van der Waals surface area (Å²) in [6, 6.07) is 14.8. The van der Waals surface area contributed by atoms with Gasteiger partial charge in [0.2, 0.25) is 5.66 Å². The molecule has 1 aliphatic carbocycles. The first-order valence-corrected chi connectivity index (χ1v) is 12.9. The number of carbonyl (C=O) groups excluding carboxylic acids is 2. The van der Waals surface area contributed by atoms with Gasteiger partial charge in [-0.15, -0.1) is 0 Å². The fourth-order valence-electron chi connectivity index (χ4n) is 5.86. The summed E-state index contributed by atoms with van der Waals surface area (Å²) in [6.45, 7) is 4.09. The Kier molecular flexibility index (Phi) is 7.07. The molecule has 2 heterocycles. The monoisotopic (exact) mass is 489 g/mol. The van der Waals surface area contributed by atoms with Gasteiger partial charge in [-0.25, -0.2) is 4.79 Å². The van der Waals surface area contributed by atoms with Gasteiger partial charge in [0.05, 0.1) is 18.9 Å². The zero-order valence-corrected chi connectivity index (χ0v) is 20.9. The highest BCUT2D eigenvalue weighted by atomic mass is 16.5. The quantitative estimate of drug-likeness (QED) is 0.692. The number of amides is 3. The fourth-order valence-corrected chi connectivity index (χ4v) is 5.86. The number of benzene rings is 2. The molecule has 0 bridgehead atoms. The molecule has 1 saturated carbocycles. The third-order valence-corrected chi connectivity index (χ3v) is 7.76. The lowest BCUT2D eigenvalue weighted by atomic mass is 9.78. The summed E-state index contributed by atoms with van der Waals surface area (Å²) in [5.41, 5.74) is 7.96. The number of para-hydroxylation sites is 1. The molecule has 2 aliphatic heterocycles. The van der Waals surface area contributed by atoms with Crippen molar-refractivity contribution in [3.8, 4) is 0 Å². The van der Waals surface area contributed by atoms with Gasteiger partial charge < -0.3 is 15.4 Å². The maximum absolute atomic E-state index is 14.3. The first-order valence-electron chi connectivity index (χ1n) is 12.9. The summed E-state index contributed by atoms with van der Waals surface area (Å²) in [4.78, 5) is 37.9. The van der Waals surface area contributed by atoms with E-state index in [9.17, 15) is 9.59 Å². The molecule has 2 fully saturated rings. The molecule has 0 aromatic heterocycles. The van der Waals surface area contributed by atoms with Crippen molar-refractivity contribution in [2.24, 2.45) is 16.6 Å². The summed E-state index contributed by atoms with van der Waals surface area (Å²) in [7, 11) is 1.76. The minimum atomic E-state index is -1.44. The number of ether oxygens (including phenoxy) is 1. The van der Waals surface area contributed by atoms with Crippen molar-refractivity contribution in [2.45, 2.75) is 44.3 Å². The van der Waals surface area contributed by atoms with Crippen LogP contribution in [0.4, 0.5) is 16.2 Å². The molecule has 2 aromatic rings. The van der Waals surface area contributed by atoms with Crippen molar-refractivity contribution in [3.63, 3.8) is 0 Å². The third-order valence-electron chi connectivity index (χ3n) is 7.76. The van der Waals surface area contributed by atoms with Gasteiger partial charge in [0, 0.05) is 50.1 Å². The van der Waals surface area contributed by atoms with Crippen LogP contribution in [-0.2, 0) is 16.1 Å². The van der Waals surface area contributed by atoms with E-state index in [1.54, 1.807) is 18.2 Å². The zero-order valence-electron chi connectivity index (χ0n) is 20.9. The van der Waals surface area contributed by atoms with Gasteiger partial charge in [0.25, 0.3) is 5.91 Å². The highest BCUT2D eigenvalue weighted by Gasteiger charge is 2.55. The van der Waals surface area contributed by atoms with Crippen molar-refractivity contribution in [3.05, 3.63) is 59.7 Å². The molecule has 0 radical (unpaired) electrons. The Morgan fingerprint density at radius 3 is 2.47 bits per heavy atom. The molecular weight excluding hydrogens is 454 g/mol. The largest absolute Gasteiger partial charge is 0.379 e. The van der Waals surface area contributed by atoms with Crippen molar-refractivity contribution in [1.29, 1.82) is 0 Å². The van der Waals surface area contributed by atoms with Crippen LogP contribution in [0.2, 0.25) is 0 Å². The lowest BCUT2D eigenvalue weighted by molar-refractivity contribution is -0.125. The number of likely N-dealkylation sites (N-methyl/N-ethyl adjacent to an activating group) is 1. The van der Waals surface area contributed by atoms with Crippen molar-refractivity contribution in [2.75, 3.05) is 43.2 Å². The lowest BCUT2D eigenvalue weighted by Gasteiger charge is -2.45. The summed E-state index contributed by atoms with van der Waals surface area (Å²) in [5, 5.41) is 0. The minimum Gasteiger partial charge on any atom is -0.379 e. The summed E-state index contributed by atoms with van der Waals surface area (Å²) >= 11 is 0. The van der Waals surface area contributed by atoms with Gasteiger partial charge in [-0.3, -0.25) is 19.6 Å². The highest BCUT2D eigenvalue weighted by Crippen LogP contribution is 2.43. The van der Waals surface area contributed by atoms with Gasteiger partial charge in [0.1, 0.15) is 0 Å². The number of nitrogens with two attached hydrogens (primary N) is 1. The van der Waals surface area contributed by atoms with Gasteiger partial charge in [-0.2, -0.15) is 0 Å². The minimum absolute atomic E-state index is 0.132. The van der Waals surface area contributed by atoms with Crippen LogP contribution < -0.4 is 15.5 Å². The van der Waals surface area contributed by atoms with E-state index in [-0.39, 0.29) is 11.8 Å². The number of carbonyl (C=O) groups is 2. The Morgan fingerprint density at radius 1 is 1.08 bits per heavy atom. The molecule has 5 rings (SSSR count). The molecular formula is C28H35N5O3. The smallest absolute Gasteiger partial charge is 0.321 e. The van der Waals surface area contributed by atoms with E-state index >= 15 is 0 Å². The first kappa shape index (κ1) is 24.5. The number of primary amides is 1. The normalized spacial score (nSPS) is 23.2. The van der Waals surface area contributed by atoms with Crippen LogP contribution in [-0.4, -0.2) is 62.1 Å². The molecule has 1 atom stereocenters. The second kappa shape index (κ2) is 10.4. The SMILES string of the molecule is CN1C(=O)C(C2CCCCC2)(N(C(N)=O)c2ccc(CN3CCOCC3)cc2)N=Cc2ccccc21. The van der Waals surface area contributed by atoms with E-state index < -0.39 is 11.7 Å². The summed E-state index contributed by atoms with van der Waals surface area (Å²) in [6.07, 6.45) is 6.48. The molecule has 2 N–H and O–H groups in total. The summed E-state index contributed by atoms with van der Waals surface area (Å²) in [5.74, 6) is -0.362. The predicted octanol–water partition coefficient (Wildman–Crippen LogP) is 3.78. The molecule has 8 heteroatoms. The molecule has 0 spiro atoms. The van der Waals surface area contributed by atoms with Crippen LogP contribution in [0.3, 0.4) is 0 Å². The topological polar surface area (TPSA) is 91.5 Å². The summed E-state index contributed by atoms with van der Waals surface area (Å²) < 4.78 is 5.45. The number of hydrogen-bond acceptors (Lipinski definition) is 5. The molecule has 8 nitrogen and oxygen atoms in total. The molecule has 190 valence electrons. The Balaban J connectivity index is 1.55. The second-order valence-electron chi connectivity index (χ2n) is 9.97. The number of hydrogen-bond donors (Lipinski definition) is 1. The molecule has 3 aliphatic rings. The molecule has 1 saturated heterocycles. The van der Waals surface area contributed by atoms with Crippen LogP contribution in [0.1, 0.15) is 43.2 Å². The third kappa shape index (κ3) is 4.51. The molecule has 1 unspecified atom stereocenters. The average molecular weight is 490 g/mol. The van der Waals surface area contributed by atoms with E-state index in [1.807, 2.05) is 48.5 Å². The number of benzodiazepines with no additional fused rings is 1. The zero-order chi connectivity index (χ0) is 25.1. The Bertz CT molecular complexity index is 1120. The van der Waals surface area contributed by atoms with Gasteiger partial charge in [-0.05, 0) is 36.6 Å². The number of aliphatic imine (C=N–C) groups is 1. The molecule has 3 amide bonds. The van der Waals surface area contributed by atoms with E-state index in [0.29, 0.717) is 5.69 Å². The highest BCUT2D eigenvalue weighted by molar-refractivity contribution is 6.12. The van der Waals surface area contributed by atoms with Crippen molar-refractivity contribution >= 4 is 29.5 Å². The number of anilines is 2. The predicted molar refractivity (Wildman–Crippen MR) is 141 cm³/mol.